The van der Waals surface area contributed by atoms with Crippen LogP contribution in [0.5, 0.6) is 0 Å². The van der Waals surface area contributed by atoms with Crippen molar-refractivity contribution in [2.24, 2.45) is 28.9 Å². The van der Waals surface area contributed by atoms with Gasteiger partial charge < -0.3 is 25.8 Å². The van der Waals surface area contributed by atoms with Crippen LogP contribution in [0.2, 0.25) is 10.3 Å². The number of amides is 1. The Morgan fingerprint density at radius 1 is 1.28 bits per heavy atom. The van der Waals surface area contributed by atoms with Crippen LogP contribution in [0.15, 0.2) is 30.6 Å². The Hall–Kier alpha value is -2.46. The Morgan fingerprint density at radius 3 is 2.78 bits per heavy atom. The average molecular weight is 477 g/mol. The molecule has 2 saturated carbocycles. The first kappa shape index (κ1) is 21.4. The van der Waals surface area contributed by atoms with E-state index in [1.165, 1.54) is 0 Å². The van der Waals surface area contributed by atoms with Gasteiger partial charge in [0, 0.05) is 42.7 Å². The first-order chi connectivity index (χ1) is 15.4. The quantitative estimate of drug-likeness (QED) is 0.382. The molecule has 1 amide bonds. The summed E-state index contributed by atoms with van der Waals surface area (Å²) in [7, 11) is 0. The normalized spacial score (nSPS) is 28.6. The van der Waals surface area contributed by atoms with Gasteiger partial charge in [-0.2, -0.15) is 9.97 Å². The molecule has 0 saturated heterocycles. The Bertz CT molecular complexity index is 1200. The van der Waals surface area contributed by atoms with Crippen LogP contribution in [0.1, 0.15) is 18.0 Å². The molecular weight excluding hydrogens is 455 g/mol. The lowest BCUT2D eigenvalue weighted by Gasteiger charge is -2.28. The summed E-state index contributed by atoms with van der Waals surface area (Å²) in [4.78, 5) is 25.4. The molecule has 0 bridgehead atoms. The number of carbonyl (C=O) groups is 1. The number of fused-ring (bicyclic) bond motifs is 2. The van der Waals surface area contributed by atoms with E-state index < -0.39 is 17.2 Å². The van der Waals surface area contributed by atoms with Gasteiger partial charge in [0.15, 0.2) is 17.0 Å². The highest BCUT2D eigenvalue weighted by atomic mass is 35.5. The number of nitrogens with one attached hydrogen (secondary N) is 1. The topological polar surface area (TPSA) is 139 Å². The van der Waals surface area contributed by atoms with Crippen LogP contribution < -0.4 is 11.1 Å². The number of primary amides is 1. The van der Waals surface area contributed by atoms with Crippen LogP contribution in [0, 0.1) is 23.2 Å². The molecule has 5 unspecified atom stereocenters. The Morgan fingerprint density at radius 2 is 2.09 bits per heavy atom. The number of hydrogen-bond donors (Lipinski definition) is 4. The van der Waals surface area contributed by atoms with Crippen molar-refractivity contribution in [1.82, 2.24) is 19.5 Å². The second kappa shape index (κ2) is 7.84. The number of aliphatic hydroxyl groups excluding tert-OH is 2. The molecule has 0 aliphatic heterocycles. The number of nitrogens with two attached hydrogens (primary N) is 1. The van der Waals surface area contributed by atoms with Gasteiger partial charge in [-0.25, -0.2) is 4.98 Å². The minimum atomic E-state index is -0.812. The molecule has 9 nitrogen and oxygen atoms in total. The Kier molecular flexibility index (Phi) is 5.24. The summed E-state index contributed by atoms with van der Waals surface area (Å²) in [5.41, 5.74) is 6.88. The molecule has 2 heterocycles. The molecule has 32 heavy (non-hydrogen) atoms. The highest BCUT2D eigenvalue weighted by Crippen LogP contribution is 2.72. The average Bonchev–Trinajstić information content (AvgIpc) is 3.26. The number of benzene rings is 1. The number of aliphatic hydroxyl groups is 2. The third-order valence-corrected chi connectivity index (χ3v) is 7.42. The van der Waals surface area contributed by atoms with Crippen molar-refractivity contribution in [2.45, 2.75) is 19.0 Å². The molecule has 0 spiro atoms. The number of aromatic nitrogens is 4. The van der Waals surface area contributed by atoms with Gasteiger partial charge in [0.1, 0.15) is 0 Å². The molecule has 5 rings (SSSR count). The molecule has 2 aliphatic carbocycles. The van der Waals surface area contributed by atoms with Gasteiger partial charge in [0.2, 0.25) is 11.2 Å². The second-order valence-electron chi connectivity index (χ2n) is 8.49. The number of rotatable bonds is 7. The van der Waals surface area contributed by atoms with Crippen LogP contribution in [0.4, 0.5) is 5.82 Å². The van der Waals surface area contributed by atoms with E-state index in [-0.39, 0.29) is 36.4 Å². The molecule has 2 aliphatic rings. The first-order valence-electron chi connectivity index (χ1n) is 10.3. The zero-order chi connectivity index (χ0) is 22.6. The second-order valence-corrected chi connectivity index (χ2v) is 9.26. The molecule has 3 aromatic rings. The maximum absolute atomic E-state index is 12.3. The predicted molar refractivity (Wildman–Crippen MR) is 119 cm³/mol. The van der Waals surface area contributed by atoms with Crippen LogP contribution in [-0.2, 0) is 11.3 Å². The summed E-state index contributed by atoms with van der Waals surface area (Å²) in [6.07, 6.45) is 2.19. The Balaban J connectivity index is 1.52. The Labute approximate surface area is 193 Å². The van der Waals surface area contributed by atoms with E-state index in [1.54, 1.807) is 12.4 Å². The smallest absolute Gasteiger partial charge is 0.226 e. The fourth-order valence-corrected chi connectivity index (χ4v) is 5.92. The van der Waals surface area contributed by atoms with Crippen LogP contribution in [0.25, 0.3) is 11.2 Å². The fraction of sp³-hybridized carbons (Fsp3) is 0.429. The van der Waals surface area contributed by atoms with Crippen molar-refractivity contribution in [3.63, 3.8) is 0 Å². The summed E-state index contributed by atoms with van der Waals surface area (Å²) in [6, 6.07) is 7.16. The van der Waals surface area contributed by atoms with E-state index in [9.17, 15) is 15.0 Å². The molecule has 11 heteroatoms. The molecule has 168 valence electrons. The molecule has 5 atom stereocenters. The van der Waals surface area contributed by atoms with Crippen LogP contribution in [-0.4, -0.2) is 48.9 Å². The van der Waals surface area contributed by atoms with E-state index in [0.717, 1.165) is 5.56 Å². The molecule has 5 N–H and O–H groups in total. The van der Waals surface area contributed by atoms with E-state index in [0.29, 0.717) is 35.0 Å². The van der Waals surface area contributed by atoms with Gasteiger partial charge in [-0.3, -0.25) is 4.79 Å². The first-order valence-corrected chi connectivity index (χ1v) is 11.1. The van der Waals surface area contributed by atoms with E-state index in [2.05, 4.69) is 20.3 Å². The number of anilines is 1. The number of hydrogen-bond acceptors (Lipinski definition) is 7. The number of halogens is 2. The van der Waals surface area contributed by atoms with Crippen molar-refractivity contribution in [3.05, 3.63) is 46.5 Å². The number of nitrogens with zero attached hydrogens (tertiary/aromatic N) is 4. The molecule has 1 aromatic carbocycles. The van der Waals surface area contributed by atoms with Gasteiger partial charge in [0.05, 0.1) is 11.7 Å². The van der Waals surface area contributed by atoms with Crippen molar-refractivity contribution < 1.29 is 15.0 Å². The summed E-state index contributed by atoms with van der Waals surface area (Å²) >= 11 is 12.3. The van der Waals surface area contributed by atoms with Crippen molar-refractivity contribution in [3.8, 4) is 0 Å². The summed E-state index contributed by atoms with van der Waals surface area (Å²) in [5, 5.41) is 24.0. The van der Waals surface area contributed by atoms with Gasteiger partial charge in [-0.15, -0.1) is 0 Å². The fourth-order valence-electron chi connectivity index (χ4n) is 5.54. The molecule has 2 fully saturated rings. The monoisotopic (exact) mass is 476 g/mol. The standard InChI is InChI=1S/C21H22Cl2N6O3/c22-11-3-1-2-10(4-11)6-25-17-15-18(28-20(23)27-17)29(9-26-15)16-12(7-30)14(8-31)21(19(24)32)5-13(16)21/h1-4,9,12-14,16,30-31H,5-8H2,(H2,24,32)(H,25,27,28). The van der Waals surface area contributed by atoms with E-state index in [4.69, 9.17) is 28.9 Å². The predicted octanol–water partition coefficient (Wildman–Crippen LogP) is 2.01. The minimum absolute atomic E-state index is 0.0436. The lowest BCUT2D eigenvalue weighted by atomic mass is 9.82. The lowest BCUT2D eigenvalue weighted by molar-refractivity contribution is -0.126. The third-order valence-electron chi connectivity index (χ3n) is 7.02. The van der Waals surface area contributed by atoms with E-state index in [1.807, 2.05) is 22.8 Å². The number of carbonyl (C=O) groups excluding carboxylic acids is 1. The molecule has 2 aromatic heterocycles. The lowest BCUT2D eigenvalue weighted by Crippen LogP contribution is -2.36. The summed E-state index contributed by atoms with van der Waals surface area (Å²) in [6.45, 7) is 0.0360. The van der Waals surface area contributed by atoms with Gasteiger partial charge in [0.25, 0.3) is 0 Å². The van der Waals surface area contributed by atoms with Crippen LogP contribution >= 0.6 is 23.2 Å². The number of imidazole rings is 1. The largest absolute Gasteiger partial charge is 0.396 e. The maximum atomic E-state index is 12.3. The molecule has 0 radical (unpaired) electrons. The van der Waals surface area contributed by atoms with Crippen molar-refractivity contribution in [2.75, 3.05) is 18.5 Å². The third kappa shape index (κ3) is 3.14. The molecular formula is C21H22Cl2N6O3. The zero-order valence-corrected chi connectivity index (χ0v) is 18.5. The van der Waals surface area contributed by atoms with Crippen molar-refractivity contribution >= 4 is 46.1 Å². The van der Waals surface area contributed by atoms with Crippen LogP contribution in [0.3, 0.4) is 0 Å². The minimum Gasteiger partial charge on any atom is -0.396 e. The summed E-state index contributed by atoms with van der Waals surface area (Å²) in [5.74, 6) is -0.866. The summed E-state index contributed by atoms with van der Waals surface area (Å²) < 4.78 is 1.83. The SMILES string of the molecule is NC(=O)C12CC1C(n1cnc3c(NCc4cccc(Cl)c4)nc(Cl)nc31)C(CO)C2CO. The zero-order valence-electron chi connectivity index (χ0n) is 16.9. The highest BCUT2D eigenvalue weighted by Gasteiger charge is 2.74. The highest BCUT2D eigenvalue weighted by molar-refractivity contribution is 6.30. The van der Waals surface area contributed by atoms with E-state index >= 15 is 0 Å². The van der Waals surface area contributed by atoms with Gasteiger partial charge in [-0.1, -0.05) is 23.7 Å². The maximum Gasteiger partial charge on any atom is 0.226 e. The van der Waals surface area contributed by atoms with Gasteiger partial charge >= 0.3 is 0 Å². The van der Waals surface area contributed by atoms with Crippen molar-refractivity contribution in [1.29, 1.82) is 0 Å². The van der Waals surface area contributed by atoms with Gasteiger partial charge in [-0.05, 0) is 41.6 Å².